The number of benzene rings is 1. The van der Waals surface area contributed by atoms with Gasteiger partial charge in [0.15, 0.2) is 0 Å². The van der Waals surface area contributed by atoms with Gasteiger partial charge in [0, 0.05) is 18.2 Å². The normalized spacial score (nSPS) is 16.2. The Hall–Kier alpha value is -1.71. The molecule has 2 N–H and O–H groups in total. The maximum absolute atomic E-state index is 13.3. The Labute approximate surface area is 158 Å². The number of nitrogens with one attached hydrogen (secondary N) is 2. The lowest BCUT2D eigenvalue weighted by molar-refractivity contribution is 0.0878. The van der Waals surface area contributed by atoms with Crippen molar-refractivity contribution in [1.82, 2.24) is 10.6 Å². The predicted molar refractivity (Wildman–Crippen MR) is 107 cm³/mol. The van der Waals surface area contributed by atoms with Crippen LogP contribution < -0.4 is 15.4 Å². The maximum Gasteiger partial charge on any atom is 0.147 e. The molecule has 0 saturated heterocycles. The molecule has 0 aliphatic heterocycles. The fourth-order valence-electron chi connectivity index (χ4n) is 1.81. The third kappa shape index (κ3) is 11.0. The highest BCUT2D eigenvalue weighted by Gasteiger charge is 2.29. The van der Waals surface area contributed by atoms with Crippen molar-refractivity contribution >= 4 is 0 Å². The Balaban J connectivity index is -0.000000509. The van der Waals surface area contributed by atoms with Gasteiger partial charge in [0.25, 0.3) is 0 Å². The number of hydrogen-bond acceptors (Lipinski definition) is 4. The van der Waals surface area contributed by atoms with Gasteiger partial charge >= 0.3 is 0 Å². The summed E-state index contributed by atoms with van der Waals surface area (Å²) in [5, 5.41) is 14.4. The Morgan fingerprint density at radius 2 is 1.35 bits per heavy atom. The highest BCUT2D eigenvalue weighted by Crippen LogP contribution is 2.27. The molecule has 4 nitrogen and oxygen atoms in total. The van der Waals surface area contributed by atoms with Crippen LogP contribution in [0.1, 0.15) is 59.9 Å². The van der Waals surface area contributed by atoms with Crippen molar-refractivity contribution in [2.45, 2.75) is 66.5 Å². The lowest BCUT2D eigenvalue weighted by atomic mass is 9.89. The Bertz CT molecular complexity index is 461. The molecular weight excluding hydrogens is 336 g/mol. The van der Waals surface area contributed by atoms with Crippen LogP contribution >= 0.6 is 0 Å². The van der Waals surface area contributed by atoms with Gasteiger partial charge in [0.1, 0.15) is 35.1 Å². The van der Waals surface area contributed by atoms with Crippen molar-refractivity contribution in [2.75, 3.05) is 21.1 Å². The Kier molecular flexibility index (Phi) is 21.9. The standard InChI is InChI=1S/C12H12F2N2O.C2H7N.3C2H6/c1-16-7-2-8(3-7)17-9-4-11(13)10(6-15)12(14)5-9;1-3-2;3*1-2/h4-5,7-8,16H,2-3H2,1H3;3H,1-2H3;3*1-2H3. The van der Waals surface area contributed by atoms with Gasteiger partial charge in [-0.3, -0.25) is 0 Å². The molecule has 26 heavy (non-hydrogen) atoms. The second-order valence-corrected chi connectivity index (χ2v) is 4.57. The minimum atomic E-state index is -0.882. The lowest BCUT2D eigenvalue weighted by Crippen LogP contribution is -2.45. The summed E-state index contributed by atoms with van der Waals surface area (Å²) in [6.45, 7) is 12.0. The van der Waals surface area contributed by atoms with E-state index in [2.05, 4.69) is 10.6 Å². The van der Waals surface area contributed by atoms with Gasteiger partial charge in [-0.2, -0.15) is 5.26 Å². The largest absolute Gasteiger partial charge is 0.490 e. The van der Waals surface area contributed by atoms with E-state index in [1.807, 2.05) is 62.7 Å². The third-order valence-corrected chi connectivity index (χ3v) is 2.93. The van der Waals surface area contributed by atoms with E-state index >= 15 is 0 Å². The molecule has 0 spiro atoms. The average molecular weight is 374 g/mol. The van der Waals surface area contributed by atoms with E-state index in [1.54, 1.807) is 0 Å². The summed E-state index contributed by atoms with van der Waals surface area (Å²) in [4.78, 5) is 0. The van der Waals surface area contributed by atoms with Gasteiger partial charge in [-0.1, -0.05) is 41.5 Å². The third-order valence-electron chi connectivity index (χ3n) is 2.93. The molecule has 1 saturated carbocycles. The molecule has 1 aromatic rings. The zero-order valence-corrected chi connectivity index (χ0v) is 17.8. The van der Waals surface area contributed by atoms with E-state index in [1.165, 1.54) is 6.07 Å². The molecule has 1 aromatic carbocycles. The molecule has 0 radical (unpaired) electrons. The first-order valence-corrected chi connectivity index (χ1v) is 9.37. The zero-order chi connectivity index (χ0) is 21.1. The van der Waals surface area contributed by atoms with Crippen molar-refractivity contribution in [2.24, 2.45) is 0 Å². The number of halogens is 2. The van der Waals surface area contributed by atoms with Crippen LogP contribution in [0.5, 0.6) is 5.75 Å². The molecule has 0 heterocycles. The van der Waals surface area contributed by atoms with Crippen LogP contribution in [0.15, 0.2) is 12.1 Å². The van der Waals surface area contributed by atoms with E-state index in [0.717, 1.165) is 25.0 Å². The number of ether oxygens (including phenoxy) is 1. The highest BCUT2D eigenvalue weighted by molar-refractivity contribution is 5.38. The smallest absolute Gasteiger partial charge is 0.147 e. The predicted octanol–water partition coefficient (Wildman–Crippen LogP) is 4.88. The van der Waals surface area contributed by atoms with E-state index < -0.39 is 17.2 Å². The molecule has 6 heteroatoms. The molecule has 1 aliphatic carbocycles. The van der Waals surface area contributed by atoms with E-state index in [-0.39, 0.29) is 11.9 Å². The minimum Gasteiger partial charge on any atom is -0.490 e. The topological polar surface area (TPSA) is 57.1 Å². The summed E-state index contributed by atoms with van der Waals surface area (Å²) in [5.41, 5.74) is -0.570. The average Bonchev–Trinajstić information content (AvgIpc) is 2.63. The zero-order valence-electron chi connectivity index (χ0n) is 17.8. The van der Waals surface area contributed by atoms with Gasteiger partial charge in [-0.05, 0) is 34.0 Å². The number of nitriles is 1. The molecule has 0 amide bonds. The van der Waals surface area contributed by atoms with Gasteiger partial charge in [-0.25, -0.2) is 8.78 Å². The van der Waals surface area contributed by atoms with E-state index in [4.69, 9.17) is 10.00 Å². The fourth-order valence-corrected chi connectivity index (χ4v) is 1.81. The van der Waals surface area contributed by atoms with Crippen LogP contribution in [0, 0.1) is 23.0 Å². The molecule has 2 rings (SSSR count). The molecule has 152 valence electrons. The molecule has 0 bridgehead atoms. The van der Waals surface area contributed by atoms with Crippen LogP contribution in [-0.4, -0.2) is 33.3 Å². The minimum absolute atomic E-state index is 0.0146. The summed E-state index contributed by atoms with van der Waals surface area (Å²) >= 11 is 0. The van der Waals surface area contributed by atoms with Gasteiger partial charge in [0.05, 0.1) is 0 Å². The van der Waals surface area contributed by atoms with Crippen LogP contribution in [0.3, 0.4) is 0 Å². The summed E-state index contributed by atoms with van der Waals surface area (Å²) in [6.07, 6.45) is 1.62. The highest BCUT2D eigenvalue weighted by atomic mass is 19.1. The van der Waals surface area contributed by atoms with Crippen LogP contribution in [0.25, 0.3) is 0 Å². The Morgan fingerprint density at radius 1 is 0.962 bits per heavy atom. The van der Waals surface area contributed by atoms with Gasteiger partial charge in [-0.15, -0.1) is 0 Å². The van der Waals surface area contributed by atoms with Crippen molar-refractivity contribution < 1.29 is 13.5 Å². The Morgan fingerprint density at radius 3 is 1.65 bits per heavy atom. The SMILES string of the molecule is CC.CC.CC.CNC.CNC1CC(Oc2cc(F)c(C#N)c(F)c2)C1. The molecule has 1 aliphatic rings. The van der Waals surface area contributed by atoms with Gasteiger partial charge in [0.2, 0.25) is 0 Å². The fraction of sp³-hybridized carbons (Fsp3) is 0.650. The lowest BCUT2D eigenvalue weighted by Gasteiger charge is -2.35. The summed E-state index contributed by atoms with van der Waals surface area (Å²) in [6, 6.07) is 3.98. The first kappa shape index (κ1) is 29.1. The molecule has 0 aromatic heterocycles. The number of hydrogen-bond donors (Lipinski definition) is 2. The first-order chi connectivity index (χ1) is 12.5. The van der Waals surface area contributed by atoms with Crippen LogP contribution in [-0.2, 0) is 0 Å². The first-order valence-electron chi connectivity index (χ1n) is 9.37. The summed E-state index contributed by atoms with van der Waals surface area (Å²) in [5.74, 6) is -1.63. The quantitative estimate of drug-likeness (QED) is 0.793. The van der Waals surface area contributed by atoms with Gasteiger partial charge < -0.3 is 15.4 Å². The number of nitrogens with zero attached hydrogens (tertiary/aromatic N) is 1. The van der Waals surface area contributed by atoms with Crippen molar-refractivity contribution in [3.05, 3.63) is 29.3 Å². The van der Waals surface area contributed by atoms with Crippen molar-refractivity contribution in [1.29, 1.82) is 5.26 Å². The van der Waals surface area contributed by atoms with Crippen molar-refractivity contribution in [3.8, 4) is 11.8 Å². The van der Waals surface area contributed by atoms with Crippen LogP contribution in [0.4, 0.5) is 8.78 Å². The number of rotatable bonds is 3. The van der Waals surface area contributed by atoms with Crippen LogP contribution in [0.2, 0.25) is 0 Å². The molecular formula is C20H37F2N3O. The second-order valence-electron chi connectivity index (χ2n) is 4.57. The van der Waals surface area contributed by atoms with E-state index in [9.17, 15) is 8.78 Å². The summed E-state index contributed by atoms with van der Waals surface area (Å²) in [7, 11) is 5.61. The van der Waals surface area contributed by atoms with Crippen molar-refractivity contribution in [3.63, 3.8) is 0 Å². The molecule has 0 unspecified atom stereocenters. The maximum atomic E-state index is 13.3. The van der Waals surface area contributed by atoms with E-state index in [0.29, 0.717) is 6.04 Å². The molecule has 1 fully saturated rings. The monoisotopic (exact) mass is 373 g/mol. The second kappa shape index (κ2) is 19.6. The molecule has 0 atom stereocenters. The summed E-state index contributed by atoms with van der Waals surface area (Å²) < 4.78 is 32.0.